The molecule has 1 aliphatic heterocycles. The molecule has 1 amide bonds. The first-order valence-corrected chi connectivity index (χ1v) is 10.7. The topological polar surface area (TPSA) is 78.3 Å². The van der Waals surface area contributed by atoms with Gasteiger partial charge in [-0.2, -0.15) is 4.98 Å². The summed E-state index contributed by atoms with van der Waals surface area (Å²) in [5, 5.41) is 5.76. The number of fused-ring (bicyclic) bond motifs is 1. The number of nitrogens with zero attached hydrogens (tertiary/aromatic N) is 4. The van der Waals surface area contributed by atoms with Crippen molar-refractivity contribution in [1.29, 1.82) is 0 Å². The molecule has 2 aromatic carbocycles. The van der Waals surface area contributed by atoms with E-state index in [-0.39, 0.29) is 5.91 Å². The predicted molar refractivity (Wildman–Crippen MR) is 119 cm³/mol. The van der Waals surface area contributed by atoms with Gasteiger partial charge in [0.05, 0.1) is 0 Å². The molecule has 0 radical (unpaired) electrons. The molecule has 0 spiro atoms. The molecular weight excluding hydrogens is 414 g/mol. The third kappa shape index (κ3) is 4.33. The minimum Gasteiger partial charge on any atom is -0.351 e. The summed E-state index contributed by atoms with van der Waals surface area (Å²) in [6, 6.07) is 17.3. The van der Waals surface area contributed by atoms with Crippen molar-refractivity contribution in [2.75, 3.05) is 32.7 Å². The standard InChI is InChI=1S/C23H22ClN5O2/c24-18-6-3-5-17(14-18)22-26-21(31-27-22)8-9-28-10-12-29(13-11-28)23(30)20-15-16-4-1-2-7-19(16)25-20/h1-7,14-15,25H,8-13H2. The fourth-order valence-electron chi connectivity index (χ4n) is 3.89. The summed E-state index contributed by atoms with van der Waals surface area (Å²) in [5.41, 5.74) is 2.47. The summed E-state index contributed by atoms with van der Waals surface area (Å²) >= 11 is 6.04. The molecule has 7 nitrogen and oxygen atoms in total. The van der Waals surface area contributed by atoms with E-state index in [9.17, 15) is 4.79 Å². The first-order chi connectivity index (χ1) is 15.2. The van der Waals surface area contributed by atoms with E-state index in [0.717, 1.165) is 36.1 Å². The molecule has 1 fully saturated rings. The van der Waals surface area contributed by atoms with Gasteiger partial charge in [-0.05, 0) is 24.3 Å². The molecule has 5 rings (SSSR count). The fourth-order valence-corrected chi connectivity index (χ4v) is 4.08. The lowest BCUT2D eigenvalue weighted by Crippen LogP contribution is -2.49. The van der Waals surface area contributed by atoms with Crippen LogP contribution < -0.4 is 0 Å². The van der Waals surface area contributed by atoms with E-state index in [0.29, 0.717) is 41.9 Å². The second-order valence-electron chi connectivity index (χ2n) is 7.68. The van der Waals surface area contributed by atoms with Crippen LogP contribution in [-0.2, 0) is 6.42 Å². The van der Waals surface area contributed by atoms with Crippen LogP contribution in [0.15, 0.2) is 59.1 Å². The third-order valence-corrected chi connectivity index (χ3v) is 5.85. The van der Waals surface area contributed by atoms with Crippen LogP contribution in [0.3, 0.4) is 0 Å². The van der Waals surface area contributed by atoms with Crippen LogP contribution >= 0.6 is 11.6 Å². The van der Waals surface area contributed by atoms with E-state index < -0.39 is 0 Å². The van der Waals surface area contributed by atoms with E-state index in [1.165, 1.54) is 0 Å². The molecular formula is C23H22ClN5O2. The number of benzene rings is 2. The van der Waals surface area contributed by atoms with Crippen LogP contribution in [0.2, 0.25) is 5.02 Å². The van der Waals surface area contributed by atoms with Gasteiger partial charge >= 0.3 is 0 Å². The summed E-state index contributed by atoms with van der Waals surface area (Å²) in [7, 11) is 0. The van der Waals surface area contributed by atoms with Crippen molar-refractivity contribution in [2.24, 2.45) is 0 Å². The number of halogens is 1. The number of aromatic amines is 1. The Bertz CT molecular complexity index is 1180. The number of piperazine rings is 1. The maximum atomic E-state index is 12.9. The molecule has 1 N–H and O–H groups in total. The highest BCUT2D eigenvalue weighted by molar-refractivity contribution is 6.30. The maximum Gasteiger partial charge on any atom is 0.270 e. The smallest absolute Gasteiger partial charge is 0.270 e. The molecule has 1 saturated heterocycles. The number of para-hydroxylation sites is 1. The molecule has 3 heterocycles. The Labute approximate surface area is 184 Å². The first kappa shape index (κ1) is 19.8. The van der Waals surface area contributed by atoms with Crippen molar-refractivity contribution >= 4 is 28.4 Å². The van der Waals surface area contributed by atoms with Gasteiger partial charge in [-0.25, -0.2) is 0 Å². The van der Waals surface area contributed by atoms with E-state index >= 15 is 0 Å². The summed E-state index contributed by atoms with van der Waals surface area (Å²) in [5.74, 6) is 1.21. The Balaban J connectivity index is 1.14. The van der Waals surface area contributed by atoms with Crippen LogP contribution in [0.1, 0.15) is 16.4 Å². The summed E-state index contributed by atoms with van der Waals surface area (Å²) in [4.78, 5) is 24.8. The van der Waals surface area contributed by atoms with Crippen LogP contribution in [0.5, 0.6) is 0 Å². The van der Waals surface area contributed by atoms with Gasteiger partial charge in [0.1, 0.15) is 5.69 Å². The van der Waals surface area contributed by atoms with Gasteiger partial charge in [-0.1, -0.05) is 47.1 Å². The molecule has 31 heavy (non-hydrogen) atoms. The average Bonchev–Trinajstić information content (AvgIpc) is 3.45. The molecule has 0 atom stereocenters. The highest BCUT2D eigenvalue weighted by Gasteiger charge is 2.23. The lowest BCUT2D eigenvalue weighted by atomic mass is 10.2. The normalized spacial score (nSPS) is 14.9. The molecule has 0 aliphatic carbocycles. The van der Waals surface area contributed by atoms with Crippen molar-refractivity contribution in [3.8, 4) is 11.4 Å². The Morgan fingerprint density at radius 1 is 1.06 bits per heavy atom. The molecule has 0 saturated carbocycles. The van der Waals surface area contributed by atoms with Gasteiger partial charge < -0.3 is 14.4 Å². The van der Waals surface area contributed by atoms with E-state index in [2.05, 4.69) is 20.0 Å². The number of amides is 1. The van der Waals surface area contributed by atoms with Gasteiger partial charge in [-0.15, -0.1) is 0 Å². The van der Waals surface area contributed by atoms with Gasteiger partial charge in [0.2, 0.25) is 11.7 Å². The number of rotatable bonds is 5. The molecule has 0 bridgehead atoms. The number of hydrogen-bond donors (Lipinski definition) is 1. The van der Waals surface area contributed by atoms with Crippen molar-refractivity contribution in [3.05, 3.63) is 71.2 Å². The molecule has 2 aromatic heterocycles. The monoisotopic (exact) mass is 435 g/mol. The SMILES string of the molecule is O=C(c1cc2ccccc2[nH]1)N1CCN(CCc2nc(-c3cccc(Cl)c3)no2)CC1. The first-order valence-electron chi connectivity index (χ1n) is 10.3. The third-order valence-electron chi connectivity index (χ3n) is 5.61. The number of carbonyl (C=O) groups is 1. The van der Waals surface area contributed by atoms with E-state index in [1.807, 2.05) is 59.5 Å². The molecule has 0 unspecified atom stereocenters. The second kappa shape index (κ2) is 8.53. The van der Waals surface area contributed by atoms with Crippen molar-refractivity contribution in [3.63, 3.8) is 0 Å². The van der Waals surface area contributed by atoms with Crippen molar-refractivity contribution in [2.45, 2.75) is 6.42 Å². The van der Waals surface area contributed by atoms with Gasteiger partial charge in [0, 0.05) is 60.6 Å². The van der Waals surface area contributed by atoms with Crippen LogP contribution in [-0.4, -0.2) is 63.6 Å². The maximum absolute atomic E-state index is 12.9. The molecule has 1 aliphatic rings. The quantitative estimate of drug-likeness (QED) is 0.514. The van der Waals surface area contributed by atoms with Crippen LogP contribution in [0.4, 0.5) is 0 Å². The number of aromatic nitrogens is 3. The number of carbonyl (C=O) groups excluding carboxylic acids is 1. The van der Waals surface area contributed by atoms with Crippen molar-refractivity contribution in [1.82, 2.24) is 24.9 Å². The molecule has 4 aromatic rings. The molecule has 158 valence electrons. The zero-order valence-electron chi connectivity index (χ0n) is 16.9. The van der Waals surface area contributed by atoms with E-state index in [4.69, 9.17) is 16.1 Å². The highest BCUT2D eigenvalue weighted by Crippen LogP contribution is 2.20. The summed E-state index contributed by atoms with van der Waals surface area (Å²) in [6.45, 7) is 3.85. The van der Waals surface area contributed by atoms with Crippen LogP contribution in [0.25, 0.3) is 22.3 Å². The largest absolute Gasteiger partial charge is 0.351 e. The Morgan fingerprint density at radius 2 is 1.90 bits per heavy atom. The fraction of sp³-hybridized carbons (Fsp3) is 0.261. The van der Waals surface area contributed by atoms with Gasteiger partial charge in [0.15, 0.2) is 0 Å². The Hall–Kier alpha value is -3.16. The zero-order chi connectivity index (χ0) is 21.2. The van der Waals surface area contributed by atoms with Gasteiger partial charge in [0.25, 0.3) is 5.91 Å². The van der Waals surface area contributed by atoms with Crippen LogP contribution in [0, 0.1) is 0 Å². The highest BCUT2D eigenvalue weighted by atomic mass is 35.5. The predicted octanol–water partition coefficient (Wildman–Crippen LogP) is 3.87. The minimum atomic E-state index is 0.0546. The second-order valence-corrected chi connectivity index (χ2v) is 8.11. The minimum absolute atomic E-state index is 0.0546. The number of H-pyrrole nitrogens is 1. The number of hydrogen-bond acceptors (Lipinski definition) is 5. The Morgan fingerprint density at radius 3 is 2.71 bits per heavy atom. The van der Waals surface area contributed by atoms with E-state index in [1.54, 1.807) is 0 Å². The van der Waals surface area contributed by atoms with Crippen molar-refractivity contribution < 1.29 is 9.32 Å². The molecule has 8 heteroatoms. The number of nitrogens with one attached hydrogen (secondary N) is 1. The average molecular weight is 436 g/mol. The van der Waals surface area contributed by atoms with Gasteiger partial charge in [-0.3, -0.25) is 9.69 Å². The lowest BCUT2D eigenvalue weighted by molar-refractivity contribution is 0.0631. The lowest BCUT2D eigenvalue weighted by Gasteiger charge is -2.34. The summed E-state index contributed by atoms with van der Waals surface area (Å²) < 4.78 is 5.40. The zero-order valence-corrected chi connectivity index (χ0v) is 17.7. The Kier molecular flexibility index (Phi) is 5.44. The summed E-state index contributed by atoms with van der Waals surface area (Å²) in [6.07, 6.45) is 0.670.